The van der Waals surface area contributed by atoms with Crippen LogP contribution in [0.2, 0.25) is 5.02 Å². The number of nitrogens with zero attached hydrogens (tertiary/aromatic N) is 2. The van der Waals surface area contributed by atoms with E-state index < -0.39 is 0 Å². The van der Waals surface area contributed by atoms with Crippen molar-refractivity contribution in [3.63, 3.8) is 0 Å². The Hall–Kier alpha value is -2.24. The summed E-state index contributed by atoms with van der Waals surface area (Å²) in [6, 6.07) is 15.0. The molecule has 0 aliphatic carbocycles. The Morgan fingerprint density at radius 1 is 0.957 bits per heavy atom. The molecule has 0 fully saturated rings. The Morgan fingerprint density at radius 3 is 2.17 bits per heavy atom. The van der Waals surface area contributed by atoms with Gasteiger partial charge in [0.15, 0.2) is 0 Å². The zero-order chi connectivity index (χ0) is 16.2. The van der Waals surface area contributed by atoms with E-state index in [1.807, 2.05) is 41.0 Å². The molecule has 1 aromatic heterocycles. The van der Waals surface area contributed by atoms with Gasteiger partial charge in [-0.05, 0) is 36.4 Å². The van der Waals surface area contributed by atoms with Gasteiger partial charge >= 0.3 is 0 Å². The van der Waals surface area contributed by atoms with Crippen LogP contribution in [-0.4, -0.2) is 27.5 Å². The van der Waals surface area contributed by atoms with Crippen molar-refractivity contribution in [2.45, 2.75) is 13.1 Å². The van der Waals surface area contributed by atoms with Gasteiger partial charge in [0.1, 0.15) is 12.4 Å². The molecule has 0 atom stereocenters. The lowest BCUT2D eigenvalue weighted by Gasteiger charge is -2.08. The number of rotatable bonds is 6. The maximum Gasteiger partial charge on any atom is 0.203 e. The van der Waals surface area contributed by atoms with Crippen LogP contribution in [0.4, 0.5) is 0 Å². The third-order valence-corrected chi connectivity index (χ3v) is 3.95. The second-order valence-electron chi connectivity index (χ2n) is 5.14. The number of hydrogen-bond donors (Lipinski definition) is 2. The van der Waals surface area contributed by atoms with Crippen molar-refractivity contribution < 1.29 is 9.84 Å². The fourth-order valence-corrected chi connectivity index (χ4v) is 2.76. The van der Waals surface area contributed by atoms with E-state index in [1.54, 1.807) is 16.7 Å². The first-order valence-electron chi connectivity index (χ1n) is 7.42. The molecule has 0 amide bonds. The highest BCUT2D eigenvalue weighted by Gasteiger charge is 2.09. The molecule has 0 unspecified atom stereocenters. The van der Waals surface area contributed by atoms with E-state index >= 15 is 0 Å². The Bertz CT molecular complexity index is 852. The van der Waals surface area contributed by atoms with Crippen molar-refractivity contribution in [2.75, 3.05) is 13.2 Å². The van der Waals surface area contributed by atoms with Crippen molar-refractivity contribution in [2.24, 2.45) is 0 Å². The van der Waals surface area contributed by atoms with Crippen LogP contribution in [0.25, 0.3) is 11.0 Å². The largest absolute Gasteiger partial charge is 0.492 e. The summed E-state index contributed by atoms with van der Waals surface area (Å²) in [4.78, 5) is 0. The Morgan fingerprint density at radius 2 is 1.57 bits per heavy atom. The van der Waals surface area contributed by atoms with Crippen LogP contribution in [0.15, 0.2) is 48.5 Å². The molecule has 0 radical (unpaired) electrons. The van der Waals surface area contributed by atoms with E-state index in [0.717, 1.165) is 16.8 Å². The third kappa shape index (κ3) is 3.25. The van der Waals surface area contributed by atoms with Crippen molar-refractivity contribution in [3.05, 3.63) is 59.2 Å². The van der Waals surface area contributed by atoms with Crippen LogP contribution < -0.4 is 10.4 Å². The fraction of sp³-hybridized carbons (Fsp3) is 0.235. The molecule has 1 heterocycles. The first-order chi connectivity index (χ1) is 11.2. The predicted octanol–water partition coefficient (Wildman–Crippen LogP) is 2.65. The van der Waals surface area contributed by atoms with Gasteiger partial charge in [-0.3, -0.25) is 5.41 Å². The molecule has 23 heavy (non-hydrogen) atoms. The number of nitrogens with one attached hydrogen (secondary N) is 1. The number of halogens is 1. The second kappa shape index (κ2) is 6.89. The lowest BCUT2D eigenvalue weighted by atomic mass is 10.3. The number of ether oxygens (including phenoxy) is 1. The van der Waals surface area contributed by atoms with E-state index in [9.17, 15) is 5.11 Å². The SMILES string of the molecule is N=c1n(CCO)c2ccccc2n1CCOc1ccc(Cl)cc1. The van der Waals surface area contributed by atoms with Gasteiger partial charge in [-0.1, -0.05) is 23.7 Å². The molecule has 2 N–H and O–H groups in total. The Balaban J connectivity index is 1.81. The van der Waals surface area contributed by atoms with E-state index in [0.29, 0.717) is 30.3 Å². The fourth-order valence-electron chi connectivity index (χ4n) is 2.63. The topological polar surface area (TPSA) is 63.2 Å². The highest BCUT2D eigenvalue weighted by Crippen LogP contribution is 2.16. The number of imidazole rings is 1. The van der Waals surface area contributed by atoms with Crippen molar-refractivity contribution in [1.82, 2.24) is 9.13 Å². The number of aromatic nitrogens is 2. The van der Waals surface area contributed by atoms with Gasteiger partial charge in [0.05, 0.1) is 24.2 Å². The molecule has 0 spiro atoms. The van der Waals surface area contributed by atoms with Crippen molar-refractivity contribution in [3.8, 4) is 5.75 Å². The molecular weight excluding hydrogens is 314 g/mol. The van der Waals surface area contributed by atoms with Gasteiger partial charge in [0.25, 0.3) is 0 Å². The summed E-state index contributed by atoms with van der Waals surface area (Å²) in [7, 11) is 0. The number of para-hydroxylation sites is 2. The minimum absolute atomic E-state index is 0.00578. The number of benzene rings is 2. The highest BCUT2D eigenvalue weighted by molar-refractivity contribution is 6.30. The summed E-state index contributed by atoms with van der Waals surface area (Å²) in [6.07, 6.45) is 0. The molecule has 0 saturated heterocycles. The van der Waals surface area contributed by atoms with E-state index in [-0.39, 0.29) is 6.61 Å². The summed E-state index contributed by atoms with van der Waals surface area (Å²) in [6.45, 7) is 1.42. The monoisotopic (exact) mass is 331 g/mol. The van der Waals surface area contributed by atoms with Gasteiger partial charge in [-0.25, -0.2) is 0 Å². The number of fused-ring (bicyclic) bond motifs is 1. The maximum absolute atomic E-state index is 9.21. The van der Waals surface area contributed by atoms with Crippen LogP contribution in [0.3, 0.4) is 0 Å². The molecule has 0 aliphatic heterocycles. The summed E-state index contributed by atoms with van der Waals surface area (Å²) >= 11 is 5.85. The maximum atomic E-state index is 9.21. The quantitative estimate of drug-likeness (QED) is 0.729. The van der Waals surface area contributed by atoms with Crippen molar-refractivity contribution in [1.29, 1.82) is 5.41 Å². The molecule has 120 valence electrons. The first-order valence-corrected chi connectivity index (χ1v) is 7.80. The second-order valence-corrected chi connectivity index (χ2v) is 5.58. The average molecular weight is 332 g/mol. The molecule has 3 rings (SSSR count). The van der Waals surface area contributed by atoms with Gasteiger partial charge < -0.3 is 19.0 Å². The van der Waals surface area contributed by atoms with Gasteiger partial charge in [-0.15, -0.1) is 0 Å². The molecule has 0 bridgehead atoms. The normalized spacial score (nSPS) is 11.0. The average Bonchev–Trinajstić information content (AvgIpc) is 2.83. The van der Waals surface area contributed by atoms with Gasteiger partial charge in [0.2, 0.25) is 5.62 Å². The summed E-state index contributed by atoms with van der Waals surface area (Å²) in [5.74, 6) is 0.751. The predicted molar refractivity (Wildman–Crippen MR) is 89.8 cm³/mol. The zero-order valence-electron chi connectivity index (χ0n) is 12.6. The van der Waals surface area contributed by atoms with Crippen LogP contribution in [0.5, 0.6) is 5.75 Å². The van der Waals surface area contributed by atoms with Crippen molar-refractivity contribution >= 4 is 22.6 Å². The highest BCUT2D eigenvalue weighted by atomic mass is 35.5. The molecule has 3 aromatic rings. The lowest BCUT2D eigenvalue weighted by Crippen LogP contribution is -2.27. The third-order valence-electron chi connectivity index (χ3n) is 3.70. The number of aliphatic hydroxyl groups excluding tert-OH is 1. The van der Waals surface area contributed by atoms with E-state index in [1.165, 1.54) is 0 Å². The zero-order valence-corrected chi connectivity index (χ0v) is 13.3. The Labute approximate surface area is 138 Å². The minimum atomic E-state index is 0.00578. The smallest absolute Gasteiger partial charge is 0.203 e. The molecule has 0 aliphatic rings. The molecule has 0 saturated carbocycles. The lowest BCUT2D eigenvalue weighted by molar-refractivity contribution is 0.272. The minimum Gasteiger partial charge on any atom is -0.492 e. The van der Waals surface area contributed by atoms with Gasteiger partial charge in [-0.2, -0.15) is 0 Å². The summed E-state index contributed by atoms with van der Waals surface area (Å²) in [5, 5.41) is 18.2. The van der Waals surface area contributed by atoms with Crippen LogP contribution in [0, 0.1) is 5.41 Å². The molecular formula is C17H18ClN3O2. The van der Waals surface area contributed by atoms with E-state index in [4.69, 9.17) is 21.7 Å². The molecule has 5 nitrogen and oxygen atoms in total. The Kier molecular flexibility index (Phi) is 4.69. The van der Waals surface area contributed by atoms with Crippen LogP contribution in [-0.2, 0) is 13.1 Å². The van der Waals surface area contributed by atoms with Gasteiger partial charge in [0, 0.05) is 11.6 Å². The summed E-state index contributed by atoms with van der Waals surface area (Å²) in [5.41, 5.74) is 2.27. The summed E-state index contributed by atoms with van der Waals surface area (Å²) < 4.78 is 9.41. The number of hydrogen-bond acceptors (Lipinski definition) is 3. The number of aliphatic hydroxyl groups is 1. The molecule has 6 heteroatoms. The standard InChI is InChI=1S/C17H18ClN3O2/c18-13-5-7-14(8-6-13)23-12-10-21-16-4-2-1-3-15(16)20(9-11-22)17(21)19/h1-8,19,22H,9-12H2. The van der Waals surface area contributed by atoms with E-state index in [2.05, 4.69) is 0 Å². The molecule has 2 aromatic carbocycles. The van der Waals surface area contributed by atoms with Crippen LogP contribution in [0.1, 0.15) is 0 Å². The van der Waals surface area contributed by atoms with Crippen LogP contribution >= 0.6 is 11.6 Å². The first kappa shape index (κ1) is 15.6.